The summed E-state index contributed by atoms with van der Waals surface area (Å²) in [4.78, 5) is 25.8. The first kappa shape index (κ1) is 19.7. The number of thioether (sulfide) groups is 1. The molecule has 6 nitrogen and oxygen atoms in total. The van der Waals surface area contributed by atoms with Gasteiger partial charge in [-0.3, -0.25) is 9.69 Å². The number of aromatic nitrogens is 1. The molecule has 0 aliphatic carbocycles. The fourth-order valence-electron chi connectivity index (χ4n) is 4.03. The molecule has 29 heavy (non-hydrogen) atoms. The van der Waals surface area contributed by atoms with Crippen molar-refractivity contribution >= 4 is 28.5 Å². The van der Waals surface area contributed by atoms with Crippen molar-refractivity contribution in [2.45, 2.75) is 38.8 Å². The van der Waals surface area contributed by atoms with E-state index in [1.165, 1.54) is 27.8 Å². The van der Waals surface area contributed by atoms with Crippen LogP contribution in [0.2, 0.25) is 0 Å². The number of rotatable bonds is 5. The molecule has 1 fully saturated rings. The van der Waals surface area contributed by atoms with Gasteiger partial charge in [-0.15, -0.1) is 0 Å². The molecule has 7 heteroatoms. The molecule has 0 radical (unpaired) electrons. The monoisotopic (exact) mass is 410 g/mol. The number of hydrogen-bond acceptors (Lipinski definition) is 5. The molecule has 1 aromatic heterocycles. The molecule has 0 saturated carbocycles. The van der Waals surface area contributed by atoms with Gasteiger partial charge in [0.15, 0.2) is 18.9 Å². The quantitative estimate of drug-likeness (QED) is 0.587. The molecule has 1 aromatic carbocycles. The summed E-state index contributed by atoms with van der Waals surface area (Å²) in [5, 5.41) is 21.2. The first-order valence-corrected chi connectivity index (χ1v) is 10.3. The number of aliphatic carboxylic acids is 1. The summed E-state index contributed by atoms with van der Waals surface area (Å²) < 4.78 is 2.12. The molecule has 1 N–H and O–H groups in total. The number of aryl methyl sites for hydroxylation is 2. The molecule has 2 aromatic rings. The summed E-state index contributed by atoms with van der Waals surface area (Å²) in [7, 11) is 0. The predicted molar refractivity (Wildman–Crippen MR) is 107 cm³/mol. The molecule has 1 saturated heterocycles. The molecule has 2 aliphatic heterocycles. The zero-order valence-electron chi connectivity index (χ0n) is 16.5. The summed E-state index contributed by atoms with van der Waals surface area (Å²) in [5.41, 5.74) is 4.10. The Bertz CT molecular complexity index is 1010. The molecule has 2 aliphatic rings. The minimum atomic E-state index is -1.37. The number of β-lactam (4-membered cyclic amide) rings is 1. The van der Waals surface area contributed by atoms with Gasteiger partial charge in [-0.05, 0) is 32.4 Å². The van der Waals surface area contributed by atoms with Crippen molar-refractivity contribution < 1.29 is 24.4 Å². The molecular formula is C22H22N2O4S. The van der Waals surface area contributed by atoms with E-state index in [0.717, 1.165) is 11.1 Å². The minimum absolute atomic E-state index is 0.0988. The first-order chi connectivity index (χ1) is 13.8. The Morgan fingerprint density at radius 3 is 2.41 bits per heavy atom. The van der Waals surface area contributed by atoms with E-state index in [1.807, 2.05) is 24.3 Å². The maximum absolute atomic E-state index is 12.3. The fourth-order valence-corrected chi connectivity index (χ4v) is 5.65. The van der Waals surface area contributed by atoms with E-state index < -0.39 is 23.4 Å². The lowest BCUT2D eigenvalue weighted by Crippen LogP contribution is -2.61. The summed E-state index contributed by atoms with van der Waals surface area (Å²) in [6.45, 7) is 6.38. The van der Waals surface area contributed by atoms with E-state index in [2.05, 4.69) is 36.9 Å². The minimum Gasteiger partial charge on any atom is -0.543 e. The van der Waals surface area contributed by atoms with Crippen molar-refractivity contribution in [3.05, 3.63) is 70.7 Å². The lowest BCUT2D eigenvalue weighted by atomic mass is 9.92. The van der Waals surface area contributed by atoms with Crippen LogP contribution in [0.1, 0.15) is 29.2 Å². The zero-order chi connectivity index (χ0) is 20.9. The summed E-state index contributed by atoms with van der Waals surface area (Å²) in [6.07, 6.45) is 3.34. The van der Waals surface area contributed by atoms with Gasteiger partial charge in [-0.2, -0.15) is 0 Å². The smallest absolute Gasteiger partial charge is 0.236 e. The van der Waals surface area contributed by atoms with Crippen LogP contribution < -0.4 is 9.67 Å². The van der Waals surface area contributed by atoms with Gasteiger partial charge in [-0.25, -0.2) is 4.57 Å². The third-order valence-electron chi connectivity index (χ3n) is 5.27. The van der Waals surface area contributed by atoms with Crippen molar-refractivity contribution in [1.82, 2.24) is 4.90 Å². The Morgan fingerprint density at radius 1 is 1.24 bits per heavy atom. The topological polar surface area (TPSA) is 84.5 Å². The summed E-state index contributed by atoms with van der Waals surface area (Å²) in [6, 6.07) is 9.79. The largest absolute Gasteiger partial charge is 0.543 e. The first-order valence-electron chi connectivity index (χ1n) is 9.46. The number of carbonyl (C=O) groups is 2. The third-order valence-corrected chi connectivity index (χ3v) is 6.68. The molecular weight excluding hydrogens is 388 g/mol. The van der Waals surface area contributed by atoms with Crippen LogP contribution in [-0.4, -0.2) is 33.4 Å². The van der Waals surface area contributed by atoms with Crippen LogP contribution in [0, 0.1) is 19.8 Å². The van der Waals surface area contributed by atoms with Crippen LogP contribution >= 0.6 is 11.8 Å². The number of amides is 1. The van der Waals surface area contributed by atoms with Gasteiger partial charge in [0.1, 0.15) is 5.37 Å². The second-order valence-corrected chi connectivity index (χ2v) is 8.83. The molecule has 1 amide bonds. The van der Waals surface area contributed by atoms with Crippen LogP contribution in [0.25, 0.3) is 4.91 Å². The summed E-state index contributed by atoms with van der Waals surface area (Å²) >= 11 is 1.30. The van der Waals surface area contributed by atoms with Gasteiger partial charge >= 0.3 is 0 Å². The van der Waals surface area contributed by atoms with E-state index in [-0.39, 0.29) is 11.6 Å². The van der Waals surface area contributed by atoms with Gasteiger partial charge < -0.3 is 15.0 Å². The second kappa shape index (κ2) is 7.31. The zero-order valence-corrected chi connectivity index (χ0v) is 17.3. The van der Waals surface area contributed by atoms with Crippen molar-refractivity contribution in [3.8, 4) is 0 Å². The fraction of sp³-hybridized carbons (Fsp3) is 0.318. The lowest BCUT2D eigenvalue weighted by molar-refractivity contribution is -0.689. The maximum atomic E-state index is 12.3. The Morgan fingerprint density at radius 2 is 1.86 bits per heavy atom. The number of aliphatic hydroxyl groups excluding tert-OH is 1. The average molecular weight is 410 g/mol. The average Bonchev–Trinajstić information content (AvgIpc) is 2.96. The number of carboxylic acid groups (broad SMARTS) is 1. The standard InChI is InChI=1S/C22H22N2O4S/c1-12-8-13(2)10-23(9-12)11-15-4-6-16(7-5-15)19-18(22(27)28)24-20(26)17(14(3)25)21(24)29-19/h4-10,14,17,21,25H,11H2,1-3H3/t14-,17+,21-/m1/s1. The van der Waals surface area contributed by atoms with Gasteiger partial charge in [0.25, 0.3) is 0 Å². The van der Waals surface area contributed by atoms with Crippen molar-refractivity contribution in [2.24, 2.45) is 5.92 Å². The number of fused-ring (bicyclic) bond motifs is 1. The van der Waals surface area contributed by atoms with Crippen LogP contribution in [0.5, 0.6) is 0 Å². The van der Waals surface area contributed by atoms with E-state index in [1.54, 1.807) is 6.92 Å². The number of hydrogen-bond donors (Lipinski definition) is 1. The summed E-state index contributed by atoms with van der Waals surface area (Å²) in [5.74, 6) is -2.33. The van der Waals surface area contributed by atoms with Gasteiger partial charge in [0.2, 0.25) is 5.91 Å². The molecule has 0 unspecified atom stereocenters. The highest BCUT2D eigenvalue weighted by atomic mass is 32.2. The Labute approximate surface area is 173 Å². The second-order valence-electron chi connectivity index (χ2n) is 7.71. The highest BCUT2D eigenvalue weighted by Gasteiger charge is 2.56. The Hall–Kier alpha value is -2.64. The predicted octanol–water partition coefficient (Wildman–Crippen LogP) is 0.970. The van der Waals surface area contributed by atoms with Crippen LogP contribution in [0.4, 0.5) is 0 Å². The van der Waals surface area contributed by atoms with E-state index >= 15 is 0 Å². The van der Waals surface area contributed by atoms with Crippen LogP contribution in [0.15, 0.2) is 48.4 Å². The number of carbonyl (C=O) groups excluding carboxylic acids is 2. The molecule has 3 heterocycles. The molecule has 0 bridgehead atoms. The number of nitrogens with zero attached hydrogens (tertiary/aromatic N) is 2. The number of pyridine rings is 1. The van der Waals surface area contributed by atoms with Gasteiger partial charge in [0.05, 0.1) is 23.7 Å². The van der Waals surface area contributed by atoms with Crippen LogP contribution in [0.3, 0.4) is 0 Å². The van der Waals surface area contributed by atoms with Crippen LogP contribution in [-0.2, 0) is 16.1 Å². The van der Waals surface area contributed by atoms with E-state index in [0.29, 0.717) is 11.4 Å². The number of carboxylic acids is 1. The van der Waals surface area contributed by atoms with E-state index in [9.17, 15) is 19.8 Å². The maximum Gasteiger partial charge on any atom is 0.236 e. The molecule has 0 spiro atoms. The van der Waals surface area contributed by atoms with Crippen molar-refractivity contribution in [2.75, 3.05) is 0 Å². The highest BCUT2D eigenvalue weighted by Crippen LogP contribution is 2.53. The number of benzene rings is 1. The SMILES string of the molecule is Cc1cc(C)c[n+](Cc2ccc(C3=C(C(=O)[O-])N4C(=O)[C@H]([C@@H](C)O)[C@H]4S3)cc2)c1. The molecule has 4 rings (SSSR count). The normalized spacial score (nSPS) is 21.8. The molecule has 3 atom stereocenters. The van der Waals surface area contributed by atoms with E-state index in [4.69, 9.17) is 0 Å². The van der Waals surface area contributed by atoms with Gasteiger partial charge in [-0.1, -0.05) is 36.0 Å². The molecule has 150 valence electrons. The number of aliphatic hydroxyl groups is 1. The Kier molecular flexibility index (Phi) is 4.96. The third kappa shape index (κ3) is 3.45. The highest BCUT2D eigenvalue weighted by molar-refractivity contribution is 8.09. The van der Waals surface area contributed by atoms with Crippen molar-refractivity contribution in [1.29, 1.82) is 0 Å². The lowest BCUT2D eigenvalue weighted by Gasteiger charge is -2.44. The Balaban J connectivity index is 1.60. The van der Waals surface area contributed by atoms with Gasteiger partial charge in [0, 0.05) is 21.6 Å². The van der Waals surface area contributed by atoms with Crippen molar-refractivity contribution in [3.63, 3.8) is 0 Å².